The Morgan fingerprint density at radius 2 is 2.11 bits per heavy atom. The molecule has 2 aliphatic heterocycles. The van der Waals surface area contributed by atoms with E-state index in [0.29, 0.717) is 31.6 Å². The van der Waals surface area contributed by atoms with Crippen LogP contribution in [0, 0.1) is 11.8 Å². The molecule has 198 valence electrons. The summed E-state index contributed by atoms with van der Waals surface area (Å²) in [7, 11) is 0. The maximum atomic E-state index is 13.7. The number of rotatable bonds is 8. The van der Waals surface area contributed by atoms with Gasteiger partial charge in [0.05, 0.1) is 18.4 Å². The molecule has 0 saturated carbocycles. The molecule has 2 aromatic rings. The first kappa shape index (κ1) is 25.2. The van der Waals surface area contributed by atoms with E-state index in [-0.39, 0.29) is 48.4 Å². The first-order valence-electron chi connectivity index (χ1n) is 13.3. The van der Waals surface area contributed by atoms with Crippen LogP contribution in [0.15, 0.2) is 18.5 Å². The molecule has 11 nitrogen and oxygen atoms in total. The second-order valence-corrected chi connectivity index (χ2v) is 10.6. The van der Waals surface area contributed by atoms with Crippen LogP contribution in [0.1, 0.15) is 68.8 Å². The fourth-order valence-corrected chi connectivity index (χ4v) is 6.12. The van der Waals surface area contributed by atoms with Crippen LogP contribution >= 0.6 is 0 Å². The normalized spacial score (nSPS) is 24.8. The van der Waals surface area contributed by atoms with Gasteiger partial charge in [0.2, 0.25) is 17.7 Å². The smallest absolute Gasteiger partial charge is 0.243 e. The highest BCUT2D eigenvalue weighted by Crippen LogP contribution is 2.38. The molecule has 37 heavy (non-hydrogen) atoms. The topological polar surface area (TPSA) is 142 Å². The number of aromatic nitrogens is 4. The Hall–Kier alpha value is -3.50. The number of nitrogens with zero attached hydrogens (tertiary/aromatic N) is 4. The minimum absolute atomic E-state index is 0.00712. The highest BCUT2D eigenvalue weighted by molar-refractivity contribution is 5.94. The van der Waals surface area contributed by atoms with Crippen molar-refractivity contribution in [3.05, 3.63) is 35.4 Å². The molecule has 5 atom stereocenters. The fraction of sp³-hybridized carbons (Fsp3) is 0.615. The van der Waals surface area contributed by atoms with Gasteiger partial charge in [0.25, 0.3) is 0 Å². The molecular weight excluding hydrogens is 474 g/mol. The van der Waals surface area contributed by atoms with Crippen LogP contribution < -0.4 is 10.6 Å². The quantitative estimate of drug-likeness (QED) is 0.486. The number of carbonyl (C=O) groups excluding carboxylic acids is 4. The van der Waals surface area contributed by atoms with Gasteiger partial charge in [-0.25, -0.2) is 0 Å². The van der Waals surface area contributed by atoms with E-state index in [1.165, 1.54) is 0 Å². The van der Waals surface area contributed by atoms with Crippen LogP contribution in [0.25, 0.3) is 0 Å². The zero-order valence-corrected chi connectivity index (χ0v) is 21.4. The Labute approximate surface area is 215 Å². The average molecular weight is 510 g/mol. The largest absolute Gasteiger partial charge is 0.350 e. The average Bonchev–Trinajstić information content (AvgIpc) is 3.62. The van der Waals surface area contributed by atoms with Crippen LogP contribution in [-0.4, -0.2) is 67.0 Å². The van der Waals surface area contributed by atoms with E-state index in [0.717, 1.165) is 30.5 Å². The van der Waals surface area contributed by atoms with E-state index in [9.17, 15) is 19.2 Å². The van der Waals surface area contributed by atoms with Crippen LogP contribution in [0.2, 0.25) is 0 Å². The summed E-state index contributed by atoms with van der Waals surface area (Å²) in [6.45, 7) is 5.25. The van der Waals surface area contributed by atoms with E-state index in [1.807, 2.05) is 30.7 Å². The Kier molecular flexibility index (Phi) is 7.12. The summed E-state index contributed by atoms with van der Waals surface area (Å²) in [6.07, 6.45) is 7.06. The summed E-state index contributed by atoms with van der Waals surface area (Å²) in [5.41, 5.74) is 2.62. The molecule has 0 aromatic carbocycles. The Morgan fingerprint density at radius 1 is 1.27 bits per heavy atom. The highest BCUT2D eigenvalue weighted by Gasteiger charge is 2.44. The molecule has 1 fully saturated rings. The van der Waals surface area contributed by atoms with Gasteiger partial charge in [-0.15, -0.1) is 5.10 Å². The Morgan fingerprint density at radius 3 is 2.81 bits per heavy atom. The molecule has 2 aromatic heterocycles. The highest BCUT2D eigenvalue weighted by atomic mass is 16.2. The number of hydrogen-bond donors (Lipinski definition) is 3. The van der Waals surface area contributed by atoms with Crippen molar-refractivity contribution in [2.45, 2.75) is 83.5 Å². The molecule has 1 aliphatic carbocycles. The van der Waals surface area contributed by atoms with Gasteiger partial charge in [-0.1, -0.05) is 25.5 Å². The SMILES string of the molecule is CC[C@H](C)[C@@H](C(=O)N[C@H]1CCc2ccn3c2C1C(=O)C[C@H](C(=O)NCc1c[nH]nn1)C3)N1CCCC1=O. The standard InChI is InChI=1S/C26H35N7O4/c1-3-15(2)23(33-9-4-5-21(33)35)26(37)29-19-7-6-16-8-10-32-14-17(11-20(34)22(19)24(16)32)25(36)27-12-18-13-28-31-30-18/h8,10,13,15,17,19,22-23H,3-7,9,11-12,14H2,1-2H3,(H,27,36)(H,29,37)(H,28,30,31)/t15-,17-,19-,22?,23-/m0/s1. The zero-order chi connectivity index (χ0) is 26.1. The summed E-state index contributed by atoms with van der Waals surface area (Å²) in [5.74, 6) is -1.44. The van der Waals surface area contributed by atoms with Crippen molar-refractivity contribution in [3.8, 4) is 0 Å². The second kappa shape index (κ2) is 10.5. The number of likely N-dealkylation sites (tertiary alicyclic amines) is 1. The summed E-state index contributed by atoms with van der Waals surface area (Å²) < 4.78 is 2.01. The maximum Gasteiger partial charge on any atom is 0.243 e. The number of amides is 3. The lowest BCUT2D eigenvalue weighted by atomic mass is 9.79. The number of nitrogens with one attached hydrogen (secondary N) is 3. The van der Waals surface area contributed by atoms with Gasteiger partial charge in [0.1, 0.15) is 17.5 Å². The van der Waals surface area contributed by atoms with Crippen molar-refractivity contribution in [1.29, 1.82) is 0 Å². The molecule has 0 bridgehead atoms. The molecular formula is C26H35N7O4. The van der Waals surface area contributed by atoms with Crippen molar-refractivity contribution in [3.63, 3.8) is 0 Å². The van der Waals surface area contributed by atoms with Gasteiger partial charge in [-0.05, 0) is 36.8 Å². The molecule has 1 unspecified atom stereocenters. The lowest BCUT2D eigenvalue weighted by Crippen LogP contribution is -2.55. The molecule has 3 amide bonds. The van der Waals surface area contributed by atoms with Gasteiger partial charge >= 0.3 is 0 Å². The number of ketones is 1. The molecule has 4 heterocycles. The third kappa shape index (κ3) is 4.91. The van der Waals surface area contributed by atoms with Crippen molar-refractivity contribution in [2.24, 2.45) is 11.8 Å². The lowest BCUT2D eigenvalue weighted by molar-refractivity contribution is -0.140. The summed E-state index contributed by atoms with van der Waals surface area (Å²) >= 11 is 0. The van der Waals surface area contributed by atoms with Crippen LogP contribution in [0.4, 0.5) is 0 Å². The lowest BCUT2D eigenvalue weighted by Gasteiger charge is -2.36. The minimum Gasteiger partial charge on any atom is -0.350 e. The predicted molar refractivity (Wildman–Crippen MR) is 133 cm³/mol. The molecule has 3 aliphatic rings. The van der Waals surface area contributed by atoms with E-state index in [1.54, 1.807) is 11.1 Å². The fourth-order valence-electron chi connectivity index (χ4n) is 6.12. The number of aromatic amines is 1. The van der Waals surface area contributed by atoms with Crippen molar-refractivity contribution >= 4 is 23.5 Å². The van der Waals surface area contributed by atoms with E-state index < -0.39 is 17.9 Å². The Balaban J connectivity index is 1.34. The maximum absolute atomic E-state index is 13.7. The Bertz CT molecular complexity index is 1170. The monoisotopic (exact) mass is 509 g/mol. The molecule has 0 spiro atoms. The number of Topliss-reactive ketones (excluding diaryl/α,β-unsaturated/α-hetero) is 1. The van der Waals surface area contributed by atoms with E-state index in [4.69, 9.17) is 0 Å². The van der Waals surface area contributed by atoms with Gasteiger partial charge in [-0.3, -0.25) is 24.3 Å². The summed E-state index contributed by atoms with van der Waals surface area (Å²) in [4.78, 5) is 54.5. The zero-order valence-electron chi connectivity index (χ0n) is 21.4. The van der Waals surface area contributed by atoms with Gasteiger partial charge in [0, 0.05) is 50.1 Å². The number of carbonyl (C=O) groups is 4. The van der Waals surface area contributed by atoms with Crippen LogP contribution in [0.3, 0.4) is 0 Å². The number of H-pyrrole nitrogens is 1. The molecule has 11 heteroatoms. The summed E-state index contributed by atoms with van der Waals surface area (Å²) in [5, 5.41) is 16.2. The molecule has 5 rings (SSSR count). The number of hydrogen-bond acceptors (Lipinski definition) is 6. The first-order chi connectivity index (χ1) is 17.9. The van der Waals surface area contributed by atoms with Crippen LogP contribution in [0.5, 0.6) is 0 Å². The number of aryl methyl sites for hydroxylation is 1. The third-order valence-electron chi connectivity index (χ3n) is 8.23. The van der Waals surface area contributed by atoms with Gasteiger partial charge in [0.15, 0.2) is 0 Å². The van der Waals surface area contributed by atoms with Gasteiger partial charge in [-0.2, -0.15) is 0 Å². The molecule has 3 N–H and O–H groups in total. The third-order valence-corrected chi connectivity index (χ3v) is 8.23. The molecule has 1 saturated heterocycles. The first-order valence-corrected chi connectivity index (χ1v) is 13.3. The minimum atomic E-state index is -0.538. The predicted octanol–water partition coefficient (Wildman–Crippen LogP) is 1.06. The molecule has 0 radical (unpaired) electrons. The van der Waals surface area contributed by atoms with Crippen molar-refractivity contribution in [1.82, 2.24) is 35.5 Å². The van der Waals surface area contributed by atoms with Crippen molar-refractivity contribution in [2.75, 3.05) is 6.54 Å². The van der Waals surface area contributed by atoms with Crippen molar-refractivity contribution < 1.29 is 19.2 Å². The van der Waals surface area contributed by atoms with Crippen LogP contribution in [-0.2, 0) is 38.7 Å². The van der Waals surface area contributed by atoms with E-state index in [2.05, 4.69) is 26.0 Å². The summed E-state index contributed by atoms with van der Waals surface area (Å²) in [6, 6.07) is 1.11. The van der Waals surface area contributed by atoms with E-state index >= 15 is 0 Å². The second-order valence-electron chi connectivity index (χ2n) is 10.6. The van der Waals surface area contributed by atoms with Gasteiger partial charge < -0.3 is 20.1 Å².